The van der Waals surface area contributed by atoms with Crippen LogP contribution in [0, 0.1) is 10.1 Å². The highest BCUT2D eigenvalue weighted by molar-refractivity contribution is 5.93. The molecule has 10 nitrogen and oxygen atoms in total. The molecule has 2 rings (SSSR count). The van der Waals surface area contributed by atoms with E-state index in [1.165, 1.54) is 6.07 Å². The second kappa shape index (κ2) is 6.92. The lowest BCUT2D eigenvalue weighted by Gasteiger charge is -2.33. The molecule has 0 saturated carbocycles. The molecule has 124 valence electrons. The van der Waals surface area contributed by atoms with Crippen LogP contribution in [0.5, 0.6) is 0 Å². The van der Waals surface area contributed by atoms with Crippen LogP contribution in [0.3, 0.4) is 0 Å². The number of aliphatic imine (C=N–C) groups is 2. The van der Waals surface area contributed by atoms with Crippen LogP contribution >= 0.6 is 0 Å². The first-order chi connectivity index (χ1) is 10.9. The van der Waals surface area contributed by atoms with Gasteiger partial charge < -0.3 is 27.0 Å². The standard InChI is InChI=1S/C13H20N8O2/c1-19-4-6-20(7-5-19)10-3-2-9(8-11(10)21(22)23)17-13(16)18-12(14)15/h2-3,8H,4-7H2,1H3,(H6,14,15,16,17,18). The number of piperazine rings is 1. The highest BCUT2D eigenvalue weighted by Gasteiger charge is 2.23. The molecule has 1 heterocycles. The molecule has 1 aliphatic rings. The number of rotatable bonds is 3. The molecule has 0 spiro atoms. The quantitative estimate of drug-likeness (QED) is 0.295. The largest absolute Gasteiger partial charge is 0.370 e. The number of nitrogens with two attached hydrogens (primary N) is 3. The van der Waals surface area contributed by atoms with Crippen molar-refractivity contribution in [2.75, 3.05) is 38.1 Å². The number of nitrogens with zero attached hydrogens (tertiary/aromatic N) is 5. The zero-order valence-electron chi connectivity index (χ0n) is 12.8. The molecule has 0 radical (unpaired) electrons. The minimum absolute atomic E-state index is 0.0201. The summed E-state index contributed by atoms with van der Waals surface area (Å²) in [4.78, 5) is 22.6. The van der Waals surface area contributed by atoms with E-state index < -0.39 is 4.92 Å². The predicted octanol–water partition coefficient (Wildman–Crippen LogP) is -0.434. The zero-order chi connectivity index (χ0) is 17.0. The first-order valence-electron chi connectivity index (χ1n) is 7.02. The van der Waals surface area contributed by atoms with Crippen molar-refractivity contribution in [1.82, 2.24) is 4.90 Å². The Kier molecular flexibility index (Phi) is 4.96. The Morgan fingerprint density at radius 1 is 1.22 bits per heavy atom. The van der Waals surface area contributed by atoms with Crippen molar-refractivity contribution in [3.8, 4) is 0 Å². The van der Waals surface area contributed by atoms with Gasteiger partial charge in [-0.2, -0.15) is 4.99 Å². The topological polar surface area (TPSA) is 152 Å². The Labute approximate surface area is 133 Å². The third-order valence-electron chi connectivity index (χ3n) is 3.49. The summed E-state index contributed by atoms with van der Waals surface area (Å²) in [5, 5.41) is 11.4. The Morgan fingerprint density at radius 2 is 1.87 bits per heavy atom. The Morgan fingerprint density at radius 3 is 2.43 bits per heavy atom. The molecule has 0 atom stereocenters. The lowest BCUT2D eigenvalue weighted by Crippen LogP contribution is -2.44. The van der Waals surface area contributed by atoms with Crippen molar-refractivity contribution in [3.05, 3.63) is 28.3 Å². The fraction of sp³-hybridized carbons (Fsp3) is 0.385. The normalized spacial score (nSPS) is 16.2. The molecular formula is C13H20N8O2. The van der Waals surface area contributed by atoms with Crippen LogP contribution in [0.1, 0.15) is 0 Å². The molecule has 0 unspecified atom stereocenters. The molecule has 1 aromatic carbocycles. The summed E-state index contributed by atoms with van der Waals surface area (Å²) < 4.78 is 0. The lowest BCUT2D eigenvalue weighted by molar-refractivity contribution is -0.384. The van der Waals surface area contributed by atoms with E-state index in [2.05, 4.69) is 14.9 Å². The zero-order valence-corrected chi connectivity index (χ0v) is 12.8. The number of nitro groups is 1. The summed E-state index contributed by atoms with van der Waals surface area (Å²) in [7, 11) is 2.02. The molecule has 1 fully saturated rings. The molecule has 0 aliphatic carbocycles. The van der Waals surface area contributed by atoms with E-state index >= 15 is 0 Å². The molecular weight excluding hydrogens is 300 g/mol. The molecule has 0 aromatic heterocycles. The average molecular weight is 320 g/mol. The third kappa shape index (κ3) is 4.30. The maximum absolute atomic E-state index is 11.4. The van der Waals surface area contributed by atoms with Gasteiger partial charge in [0.1, 0.15) is 5.69 Å². The van der Waals surface area contributed by atoms with Crippen LogP contribution in [-0.2, 0) is 0 Å². The molecule has 10 heteroatoms. The number of hydrogen-bond donors (Lipinski definition) is 3. The lowest BCUT2D eigenvalue weighted by atomic mass is 10.2. The highest BCUT2D eigenvalue weighted by Crippen LogP contribution is 2.32. The van der Waals surface area contributed by atoms with Gasteiger partial charge in [0.2, 0.25) is 5.96 Å². The molecule has 0 bridgehead atoms. The van der Waals surface area contributed by atoms with E-state index in [4.69, 9.17) is 17.2 Å². The minimum Gasteiger partial charge on any atom is -0.370 e. The summed E-state index contributed by atoms with van der Waals surface area (Å²) in [6, 6.07) is 4.68. The smallest absolute Gasteiger partial charge is 0.294 e. The third-order valence-corrected chi connectivity index (χ3v) is 3.49. The summed E-state index contributed by atoms with van der Waals surface area (Å²) in [6.07, 6.45) is 0. The summed E-state index contributed by atoms with van der Waals surface area (Å²) in [5.74, 6) is -0.388. The number of guanidine groups is 2. The minimum atomic E-state index is -0.427. The fourth-order valence-electron chi connectivity index (χ4n) is 2.33. The van der Waals surface area contributed by atoms with Gasteiger partial charge in [-0.1, -0.05) is 0 Å². The van der Waals surface area contributed by atoms with Gasteiger partial charge in [0, 0.05) is 32.2 Å². The van der Waals surface area contributed by atoms with Crippen LogP contribution < -0.4 is 22.1 Å². The van der Waals surface area contributed by atoms with Crippen molar-refractivity contribution in [2.24, 2.45) is 27.2 Å². The second-order valence-corrected chi connectivity index (χ2v) is 5.23. The number of nitro benzene ring substituents is 1. The van der Waals surface area contributed by atoms with Crippen molar-refractivity contribution in [3.63, 3.8) is 0 Å². The van der Waals surface area contributed by atoms with E-state index in [0.29, 0.717) is 11.4 Å². The van der Waals surface area contributed by atoms with Crippen LogP contribution in [0.15, 0.2) is 28.2 Å². The highest BCUT2D eigenvalue weighted by atomic mass is 16.6. The predicted molar refractivity (Wildman–Crippen MR) is 89.9 cm³/mol. The van der Waals surface area contributed by atoms with E-state index in [1.54, 1.807) is 12.1 Å². The maximum atomic E-state index is 11.4. The summed E-state index contributed by atoms with van der Waals surface area (Å²) in [5.41, 5.74) is 16.8. The summed E-state index contributed by atoms with van der Waals surface area (Å²) in [6.45, 7) is 3.18. The fourth-order valence-corrected chi connectivity index (χ4v) is 2.33. The van der Waals surface area contributed by atoms with Crippen molar-refractivity contribution in [1.29, 1.82) is 0 Å². The van der Waals surface area contributed by atoms with Gasteiger partial charge in [0.05, 0.1) is 10.6 Å². The average Bonchev–Trinajstić information content (AvgIpc) is 2.47. The van der Waals surface area contributed by atoms with Gasteiger partial charge in [0.15, 0.2) is 5.96 Å². The van der Waals surface area contributed by atoms with Crippen molar-refractivity contribution < 1.29 is 4.92 Å². The van der Waals surface area contributed by atoms with Crippen LogP contribution in [0.25, 0.3) is 0 Å². The van der Waals surface area contributed by atoms with Gasteiger partial charge in [0.25, 0.3) is 5.69 Å². The van der Waals surface area contributed by atoms with Crippen LogP contribution in [0.4, 0.5) is 17.1 Å². The Hall–Kier alpha value is -2.88. The molecule has 23 heavy (non-hydrogen) atoms. The molecule has 0 amide bonds. The first-order valence-corrected chi connectivity index (χ1v) is 7.02. The number of anilines is 1. The van der Waals surface area contributed by atoms with Crippen LogP contribution in [-0.4, -0.2) is 55.0 Å². The van der Waals surface area contributed by atoms with Gasteiger partial charge in [-0.25, -0.2) is 4.99 Å². The number of hydrogen-bond acceptors (Lipinski definition) is 5. The van der Waals surface area contributed by atoms with Crippen molar-refractivity contribution in [2.45, 2.75) is 0 Å². The van der Waals surface area contributed by atoms with E-state index in [1.807, 2.05) is 11.9 Å². The monoisotopic (exact) mass is 320 g/mol. The van der Waals surface area contributed by atoms with E-state index in [9.17, 15) is 10.1 Å². The molecule has 1 aliphatic heterocycles. The summed E-state index contributed by atoms with van der Waals surface area (Å²) >= 11 is 0. The maximum Gasteiger partial charge on any atom is 0.294 e. The van der Waals surface area contributed by atoms with Gasteiger partial charge in [-0.05, 0) is 19.2 Å². The number of benzene rings is 1. The van der Waals surface area contributed by atoms with E-state index in [0.717, 1.165) is 26.2 Å². The van der Waals surface area contributed by atoms with Gasteiger partial charge >= 0.3 is 0 Å². The molecule has 6 N–H and O–H groups in total. The molecule has 1 aromatic rings. The number of likely N-dealkylation sites (N-methyl/N-ethyl adjacent to an activating group) is 1. The Bertz CT molecular complexity index is 645. The van der Waals surface area contributed by atoms with Crippen molar-refractivity contribution >= 4 is 29.0 Å². The Balaban J connectivity index is 2.32. The first kappa shape index (κ1) is 16.5. The van der Waals surface area contributed by atoms with E-state index in [-0.39, 0.29) is 17.6 Å². The molecule has 1 saturated heterocycles. The van der Waals surface area contributed by atoms with Gasteiger partial charge in [-0.15, -0.1) is 0 Å². The SMILES string of the molecule is CN1CCN(c2ccc(N=C(N)N=C(N)N)cc2[N+](=O)[O-])CC1. The van der Waals surface area contributed by atoms with Crippen LogP contribution in [0.2, 0.25) is 0 Å². The second-order valence-electron chi connectivity index (χ2n) is 5.23. The van der Waals surface area contributed by atoms with Gasteiger partial charge in [-0.3, -0.25) is 10.1 Å².